The highest BCUT2D eigenvalue weighted by Gasteiger charge is 2.58. The summed E-state index contributed by atoms with van der Waals surface area (Å²) in [6.45, 7) is 11.5. The second-order valence-corrected chi connectivity index (χ2v) is 12.4. The molecule has 4 N–H and O–H groups in total. The number of nitrogens with two attached hydrogens (primary N) is 2. The van der Waals surface area contributed by atoms with E-state index < -0.39 is 12.1 Å². The molecule has 0 unspecified atom stereocenters. The van der Waals surface area contributed by atoms with Crippen LogP contribution in [0.25, 0.3) is 0 Å². The molecule has 5 rings (SSSR count). The number of benzene rings is 1. The molecule has 7 nitrogen and oxygen atoms in total. The van der Waals surface area contributed by atoms with Crippen molar-refractivity contribution < 1.29 is 38.5 Å². The average molecular weight is 582 g/mol. The molecule has 3 aliphatic rings. The van der Waals surface area contributed by atoms with E-state index in [9.17, 15) is 18.0 Å². The molecule has 1 spiro atoms. The molecule has 0 aliphatic carbocycles. The van der Waals surface area contributed by atoms with Gasteiger partial charge in [0.1, 0.15) is 29.5 Å². The first-order valence-electron chi connectivity index (χ1n) is 14.3. The molecule has 2 aromatic rings. The predicted molar refractivity (Wildman–Crippen MR) is 143 cm³/mol. The van der Waals surface area contributed by atoms with Crippen LogP contribution in [0.3, 0.4) is 0 Å². The van der Waals surface area contributed by atoms with Gasteiger partial charge >= 0.3 is 6.18 Å². The van der Waals surface area contributed by atoms with E-state index in [2.05, 4.69) is 66.6 Å². The summed E-state index contributed by atoms with van der Waals surface area (Å²) in [4.78, 5) is 31.7. The Labute approximate surface area is 237 Å². The summed E-state index contributed by atoms with van der Waals surface area (Å²) in [5.41, 5.74) is 2.62. The fourth-order valence-electron chi connectivity index (χ4n) is 7.02. The molecule has 1 amide bonds. The lowest BCUT2D eigenvalue weighted by Gasteiger charge is -2.45. The fourth-order valence-corrected chi connectivity index (χ4v) is 8.23. The lowest BCUT2D eigenvalue weighted by molar-refractivity contribution is -0.691. The number of carbonyl (C=O) groups excluding carboxylic acids is 2. The maximum Gasteiger partial charge on any atom is 0.430 e. The van der Waals surface area contributed by atoms with Crippen molar-refractivity contribution in [2.24, 2.45) is 11.8 Å². The molecular weight excluding hydrogens is 541 g/mol. The van der Waals surface area contributed by atoms with Gasteiger partial charge in [-0.25, -0.2) is 4.98 Å². The minimum atomic E-state index is -5.19. The Kier molecular flexibility index (Phi) is 9.57. The molecule has 220 valence electrons. The van der Waals surface area contributed by atoms with Gasteiger partial charge in [0.25, 0.3) is 0 Å². The number of likely N-dealkylation sites (tertiary alicyclic amines) is 1. The quantitative estimate of drug-likeness (QED) is 0.558. The number of carboxylic acids is 1. The van der Waals surface area contributed by atoms with Crippen LogP contribution in [0.5, 0.6) is 0 Å². The zero-order chi connectivity index (χ0) is 29.1. The van der Waals surface area contributed by atoms with E-state index >= 15 is 0 Å². The lowest BCUT2D eigenvalue weighted by atomic mass is 9.72. The van der Waals surface area contributed by atoms with Crippen LogP contribution in [0.2, 0.25) is 0 Å². The number of nitrogens with zero attached hydrogens (tertiary/aromatic N) is 2. The summed E-state index contributed by atoms with van der Waals surface area (Å²) in [5, 5.41) is 14.7. The summed E-state index contributed by atoms with van der Waals surface area (Å²) < 4.78 is 31.5. The number of hydrogen-bond donors (Lipinski definition) is 2. The van der Waals surface area contributed by atoms with Crippen molar-refractivity contribution in [3.8, 4) is 0 Å². The summed E-state index contributed by atoms with van der Waals surface area (Å²) in [6.07, 6.45) is -0.740. The summed E-state index contributed by atoms with van der Waals surface area (Å²) in [6, 6.07) is 11.3. The molecule has 0 radical (unpaired) electrons. The third kappa shape index (κ3) is 6.21. The van der Waals surface area contributed by atoms with Crippen LogP contribution in [-0.2, 0) is 21.5 Å². The summed E-state index contributed by atoms with van der Waals surface area (Å²) in [7, 11) is 0. The summed E-state index contributed by atoms with van der Waals surface area (Å²) in [5.74, 6) is -1.39. The number of carboxylic acid groups (broad SMARTS) is 1. The molecule has 4 heterocycles. The number of halogens is 3. The van der Waals surface area contributed by atoms with Crippen LogP contribution < -0.4 is 15.7 Å². The Hall–Kier alpha value is -2.50. The topological polar surface area (TPSA) is 107 Å². The molecule has 2 fully saturated rings. The standard InChI is InChI=1S/C27H38N4OS.C2HF3O2/c1-4-19(5-2)24-13-21(20-9-7-6-8-10-20)11-12-31(24)26(32)22-14-28-16-27(22)17-29-15-23-25(27)33-18(3)30-23;3-2(4,5)1(6)7/h6-10,19,21-22,24,28-29H,4-5,11-17H2,1-3H3;(H,6,7)/p+1/t21-,22+,24+,27+;/m1./s1. The van der Waals surface area contributed by atoms with Crippen LogP contribution in [-0.4, -0.2) is 60.2 Å². The van der Waals surface area contributed by atoms with Crippen molar-refractivity contribution in [1.29, 1.82) is 0 Å². The van der Waals surface area contributed by atoms with Crippen molar-refractivity contribution in [3.05, 3.63) is 51.5 Å². The minimum Gasteiger partial charge on any atom is -0.542 e. The maximum atomic E-state index is 14.4. The molecule has 0 saturated carbocycles. The number of aryl methyl sites for hydroxylation is 1. The normalized spacial score (nSPS) is 26.4. The number of aromatic nitrogens is 1. The SMILES string of the molecule is CCC(CC)[C@@H]1C[C@H](c2ccccc2)CCN1C(=O)[C@@H]1C[NH2+]C[C@]12C[NH2+]Cc1nc(C)sc12.O=C([O-])C(F)(F)F. The Morgan fingerprint density at radius 1 is 1.18 bits per heavy atom. The van der Waals surface area contributed by atoms with Gasteiger partial charge in [0.05, 0.1) is 29.5 Å². The third-order valence-corrected chi connectivity index (χ3v) is 10.2. The van der Waals surface area contributed by atoms with Crippen LogP contribution in [0.4, 0.5) is 13.2 Å². The number of amides is 1. The Morgan fingerprint density at radius 2 is 1.82 bits per heavy atom. The van der Waals surface area contributed by atoms with Gasteiger partial charge < -0.3 is 25.4 Å². The second-order valence-electron chi connectivity index (χ2n) is 11.2. The van der Waals surface area contributed by atoms with Crippen molar-refractivity contribution >= 4 is 23.2 Å². The largest absolute Gasteiger partial charge is 0.542 e. The van der Waals surface area contributed by atoms with Crippen LogP contribution in [0, 0.1) is 18.8 Å². The van der Waals surface area contributed by atoms with Crippen molar-refractivity contribution in [2.75, 3.05) is 26.2 Å². The van der Waals surface area contributed by atoms with Gasteiger partial charge in [-0.3, -0.25) is 4.79 Å². The van der Waals surface area contributed by atoms with E-state index in [4.69, 9.17) is 14.9 Å². The predicted octanol–water partition coefficient (Wildman–Crippen LogP) is 1.47. The number of alkyl halides is 3. The summed E-state index contributed by atoms with van der Waals surface area (Å²) >= 11 is 1.85. The number of hydrogen-bond acceptors (Lipinski definition) is 5. The van der Waals surface area contributed by atoms with E-state index in [0.717, 1.165) is 63.4 Å². The smallest absolute Gasteiger partial charge is 0.430 e. The van der Waals surface area contributed by atoms with Gasteiger partial charge in [-0.15, -0.1) is 11.3 Å². The number of quaternary nitrogens is 2. The van der Waals surface area contributed by atoms with Gasteiger partial charge in [-0.1, -0.05) is 57.0 Å². The van der Waals surface area contributed by atoms with E-state index in [1.54, 1.807) is 0 Å². The van der Waals surface area contributed by atoms with Crippen LogP contribution in [0.15, 0.2) is 30.3 Å². The maximum absolute atomic E-state index is 14.4. The number of piperidine rings is 1. The van der Waals surface area contributed by atoms with Crippen LogP contribution >= 0.6 is 11.3 Å². The molecule has 0 bridgehead atoms. The van der Waals surface area contributed by atoms with Crippen molar-refractivity contribution in [2.45, 2.75) is 76.6 Å². The van der Waals surface area contributed by atoms with E-state index in [0.29, 0.717) is 23.8 Å². The highest BCUT2D eigenvalue weighted by atomic mass is 32.1. The lowest BCUT2D eigenvalue weighted by Crippen LogP contribution is -2.91. The molecule has 11 heteroatoms. The molecule has 1 aromatic carbocycles. The van der Waals surface area contributed by atoms with Gasteiger partial charge in [0.15, 0.2) is 0 Å². The van der Waals surface area contributed by atoms with Gasteiger partial charge in [0.2, 0.25) is 5.91 Å². The highest BCUT2D eigenvalue weighted by Crippen LogP contribution is 2.43. The average Bonchev–Trinajstić information content (AvgIpc) is 3.53. The zero-order valence-corrected chi connectivity index (χ0v) is 24.2. The second kappa shape index (κ2) is 12.6. The number of fused-ring (bicyclic) bond motifs is 2. The third-order valence-electron chi connectivity index (χ3n) is 9.00. The first-order valence-corrected chi connectivity index (χ1v) is 15.1. The Bertz CT molecular complexity index is 1170. The number of rotatable bonds is 5. The minimum absolute atomic E-state index is 0.0503. The van der Waals surface area contributed by atoms with Crippen molar-refractivity contribution in [1.82, 2.24) is 9.88 Å². The Balaban J connectivity index is 0.000000470. The Morgan fingerprint density at radius 3 is 2.45 bits per heavy atom. The number of carbonyl (C=O) groups is 2. The van der Waals surface area contributed by atoms with Gasteiger partial charge in [-0.2, -0.15) is 13.2 Å². The van der Waals surface area contributed by atoms with Crippen molar-refractivity contribution in [3.63, 3.8) is 0 Å². The molecule has 40 heavy (non-hydrogen) atoms. The number of thiazole rings is 1. The highest BCUT2D eigenvalue weighted by molar-refractivity contribution is 7.11. The molecular formula is C29H40F3N4O3S+. The monoisotopic (exact) mass is 581 g/mol. The molecule has 3 aliphatic heterocycles. The number of aliphatic carboxylic acids is 1. The fraction of sp³-hybridized carbons (Fsp3) is 0.621. The van der Waals surface area contributed by atoms with Gasteiger partial charge in [-0.05, 0) is 37.2 Å². The van der Waals surface area contributed by atoms with E-state index in [1.165, 1.54) is 16.1 Å². The van der Waals surface area contributed by atoms with E-state index in [1.807, 2.05) is 11.3 Å². The van der Waals surface area contributed by atoms with Crippen LogP contribution in [0.1, 0.15) is 66.6 Å². The van der Waals surface area contributed by atoms with Gasteiger partial charge in [0, 0.05) is 12.6 Å². The van der Waals surface area contributed by atoms with E-state index in [-0.39, 0.29) is 11.3 Å². The zero-order valence-electron chi connectivity index (χ0n) is 23.4. The molecule has 4 atom stereocenters. The first-order chi connectivity index (χ1) is 19.0. The first kappa shape index (κ1) is 30.5. The molecule has 2 saturated heterocycles. The molecule has 1 aromatic heterocycles.